The first-order valence-corrected chi connectivity index (χ1v) is 7.32. The van der Waals surface area contributed by atoms with Crippen LogP contribution in [-0.2, 0) is 0 Å². The number of benzene rings is 1. The van der Waals surface area contributed by atoms with E-state index >= 15 is 0 Å². The minimum atomic E-state index is 0.514. The fourth-order valence-corrected chi connectivity index (χ4v) is 2.91. The molecule has 0 N–H and O–H groups in total. The first-order chi connectivity index (χ1) is 8.58. The minimum absolute atomic E-state index is 0.514. The first-order valence-electron chi connectivity index (χ1n) is 6.52. The van der Waals surface area contributed by atoms with Crippen molar-refractivity contribution in [3.8, 4) is 6.07 Å². The van der Waals surface area contributed by atoms with Crippen LogP contribution in [0, 0.1) is 16.7 Å². The molecule has 1 aromatic rings. The molecule has 0 atom stereocenters. The molecule has 1 fully saturated rings. The second kappa shape index (κ2) is 5.32. The Balaban J connectivity index is 2.11. The number of hydrogen-bond donors (Lipinski definition) is 0. The summed E-state index contributed by atoms with van der Waals surface area (Å²) in [4.78, 5) is 2.42. The van der Waals surface area contributed by atoms with Gasteiger partial charge in [-0.05, 0) is 52.4 Å². The summed E-state index contributed by atoms with van der Waals surface area (Å²) in [5.74, 6) is 0. The molecule has 3 heteroatoms. The van der Waals surface area contributed by atoms with Gasteiger partial charge in [0.15, 0.2) is 0 Å². The highest BCUT2D eigenvalue weighted by atomic mass is 79.9. The lowest BCUT2D eigenvalue weighted by Crippen LogP contribution is -2.38. The molecule has 1 saturated heterocycles. The predicted molar refractivity (Wildman–Crippen MR) is 78.7 cm³/mol. The van der Waals surface area contributed by atoms with Gasteiger partial charge in [-0.1, -0.05) is 20.3 Å². The van der Waals surface area contributed by atoms with E-state index in [-0.39, 0.29) is 0 Å². The summed E-state index contributed by atoms with van der Waals surface area (Å²) in [6.45, 7) is 6.90. The monoisotopic (exact) mass is 306 g/mol. The van der Waals surface area contributed by atoms with Gasteiger partial charge in [-0.3, -0.25) is 0 Å². The van der Waals surface area contributed by atoms with Crippen molar-refractivity contribution in [3.63, 3.8) is 0 Å². The largest absolute Gasteiger partial charge is 0.371 e. The summed E-state index contributed by atoms with van der Waals surface area (Å²) in [6.07, 6.45) is 3.76. The highest BCUT2D eigenvalue weighted by molar-refractivity contribution is 9.10. The van der Waals surface area contributed by atoms with Gasteiger partial charge in [-0.15, -0.1) is 0 Å². The molecule has 0 aliphatic carbocycles. The molecular formula is C15H19BrN2. The molecule has 0 bridgehead atoms. The highest BCUT2D eigenvalue weighted by Crippen LogP contribution is 2.36. The molecule has 1 heterocycles. The van der Waals surface area contributed by atoms with Crippen LogP contribution in [-0.4, -0.2) is 13.1 Å². The van der Waals surface area contributed by atoms with Crippen LogP contribution in [0.3, 0.4) is 0 Å². The van der Waals surface area contributed by atoms with E-state index in [0.717, 1.165) is 17.6 Å². The molecule has 2 nitrogen and oxygen atoms in total. The Bertz CT molecular complexity index is 468. The van der Waals surface area contributed by atoms with Gasteiger partial charge in [-0.25, -0.2) is 0 Å². The van der Waals surface area contributed by atoms with Crippen molar-refractivity contribution in [1.82, 2.24) is 0 Å². The van der Waals surface area contributed by atoms with Gasteiger partial charge in [-0.2, -0.15) is 5.26 Å². The van der Waals surface area contributed by atoms with Crippen LogP contribution in [0.1, 0.15) is 38.7 Å². The Morgan fingerprint density at radius 1 is 1.39 bits per heavy atom. The molecule has 1 aliphatic heterocycles. The molecule has 0 aromatic heterocycles. The number of piperidine rings is 1. The molecule has 0 spiro atoms. The maximum Gasteiger partial charge on any atom is 0.100 e. The van der Waals surface area contributed by atoms with Crippen molar-refractivity contribution in [2.75, 3.05) is 18.0 Å². The lowest BCUT2D eigenvalue weighted by atomic mass is 9.78. The van der Waals surface area contributed by atoms with Crippen molar-refractivity contribution in [2.45, 2.75) is 33.1 Å². The van der Waals surface area contributed by atoms with Crippen molar-refractivity contribution in [1.29, 1.82) is 5.26 Å². The lowest BCUT2D eigenvalue weighted by Gasteiger charge is -2.40. The molecular weight excluding hydrogens is 288 g/mol. The molecule has 0 unspecified atom stereocenters. The normalized spacial score (nSPS) is 18.4. The Hall–Kier alpha value is -1.01. The van der Waals surface area contributed by atoms with E-state index in [0.29, 0.717) is 11.0 Å². The number of nitrogens with zero attached hydrogens (tertiary/aromatic N) is 2. The summed E-state index contributed by atoms with van der Waals surface area (Å²) in [5.41, 5.74) is 2.44. The third kappa shape index (κ3) is 2.70. The van der Waals surface area contributed by atoms with Crippen LogP contribution in [0.25, 0.3) is 0 Å². The first kappa shape index (κ1) is 13.4. The molecule has 1 aromatic carbocycles. The van der Waals surface area contributed by atoms with Gasteiger partial charge < -0.3 is 4.90 Å². The zero-order valence-corrected chi connectivity index (χ0v) is 12.6. The number of halogens is 1. The van der Waals surface area contributed by atoms with Crippen LogP contribution < -0.4 is 4.90 Å². The lowest BCUT2D eigenvalue weighted by molar-refractivity contribution is 0.238. The average Bonchev–Trinajstić information content (AvgIpc) is 2.39. The third-order valence-electron chi connectivity index (χ3n) is 4.26. The van der Waals surface area contributed by atoms with Gasteiger partial charge in [0, 0.05) is 23.2 Å². The summed E-state index contributed by atoms with van der Waals surface area (Å²) >= 11 is 3.46. The summed E-state index contributed by atoms with van der Waals surface area (Å²) in [6, 6.07) is 8.19. The van der Waals surface area contributed by atoms with E-state index < -0.39 is 0 Å². The van der Waals surface area contributed by atoms with Crippen LogP contribution in [0.4, 0.5) is 5.69 Å². The molecule has 0 amide bonds. The quantitative estimate of drug-likeness (QED) is 0.813. The van der Waals surface area contributed by atoms with E-state index in [1.54, 1.807) is 0 Å². The van der Waals surface area contributed by atoms with Crippen LogP contribution in [0.15, 0.2) is 22.7 Å². The third-order valence-corrected chi connectivity index (χ3v) is 4.92. The van der Waals surface area contributed by atoms with Crippen LogP contribution in [0.5, 0.6) is 0 Å². The Labute approximate surface area is 118 Å². The van der Waals surface area contributed by atoms with Crippen molar-refractivity contribution in [2.24, 2.45) is 5.41 Å². The topological polar surface area (TPSA) is 27.0 Å². The molecule has 0 saturated carbocycles. The number of nitriles is 1. The molecule has 18 heavy (non-hydrogen) atoms. The van der Waals surface area contributed by atoms with Crippen molar-refractivity contribution < 1.29 is 0 Å². The van der Waals surface area contributed by atoms with E-state index in [2.05, 4.69) is 52.9 Å². The second-order valence-corrected chi connectivity index (χ2v) is 6.28. The van der Waals surface area contributed by atoms with E-state index in [9.17, 15) is 0 Å². The van der Waals surface area contributed by atoms with Gasteiger partial charge in [0.05, 0.1) is 5.56 Å². The van der Waals surface area contributed by atoms with Gasteiger partial charge >= 0.3 is 0 Å². The maximum absolute atomic E-state index is 8.93. The second-order valence-electron chi connectivity index (χ2n) is 5.43. The SMILES string of the molecule is CCC1(C)CCN(c2ccc(C#N)c(Br)c2)CC1. The Morgan fingerprint density at radius 2 is 2.06 bits per heavy atom. The molecule has 2 rings (SSSR count). The number of rotatable bonds is 2. The van der Waals surface area contributed by atoms with E-state index in [4.69, 9.17) is 5.26 Å². The summed E-state index contributed by atoms with van der Waals surface area (Å²) < 4.78 is 0.895. The molecule has 0 radical (unpaired) electrons. The van der Waals surface area contributed by atoms with E-state index in [1.165, 1.54) is 24.9 Å². The van der Waals surface area contributed by atoms with Gasteiger partial charge in [0.2, 0.25) is 0 Å². The number of hydrogen-bond acceptors (Lipinski definition) is 2. The molecule has 96 valence electrons. The fraction of sp³-hybridized carbons (Fsp3) is 0.533. The number of anilines is 1. The zero-order chi connectivity index (χ0) is 13.2. The Kier molecular flexibility index (Phi) is 3.97. The van der Waals surface area contributed by atoms with Gasteiger partial charge in [0.25, 0.3) is 0 Å². The van der Waals surface area contributed by atoms with Crippen LogP contribution in [0.2, 0.25) is 0 Å². The maximum atomic E-state index is 8.93. The van der Waals surface area contributed by atoms with Crippen molar-refractivity contribution in [3.05, 3.63) is 28.2 Å². The minimum Gasteiger partial charge on any atom is -0.371 e. The summed E-state index contributed by atoms with van der Waals surface area (Å²) in [5, 5.41) is 8.93. The van der Waals surface area contributed by atoms with E-state index in [1.807, 2.05) is 6.07 Å². The smallest absolute Gasteiger partial charge is 0.100 e. The molecule has 1 aliphatic rings. The van der Waals surface area contributed by atoms with Gasteiger partial charge in [0.1, 0.15) is 6.07 Å². The predicted octanol–water partition coefficient (Wildman–Crippen LogP) is 4.34. The Morgan fingerprint density at radius 3 is 2.56 bits per heavy atom. The standard InChI is InChI=1S/C15H19BrN2/c1-3-15(2)6-8-18(9-7-15)13-5-4-12(11-17)14(16)10-13/h4-5,10H,3,6-9H2,1-2H3. The zero-order valence-electron chi connectivity index (χ0n) is 11.0. The van der Waals surface area contributed by atoms with Crippen molar-refractivity contribution >= 4 is 21.6 Å². The summed E-state index contributed by atoms with van der Waals surface area (Å²) in [7, 11) is 0. The average molecular weight is 307 g/mol. The fourth-order valence-electron chi connectivity index (χ4n) is 2.45. The highest BCUT2D eigenvalue weighted by Gasteiger charge is 2.28. The van der Waals surface area contributed by atoms with Crippen LogP contribution >= 0.6 is 15.9 Å².